The van der Waals surface area contributed by atoms with Gasteiger partial charge in [0.05, 0.1) is 27.7 Å². The third kappa shape index (κ3) is 42.4. The van der Waals surface area contributed by atoms with Crippen LogP contribution in [-0.2, 0) is 32.7 Å². The standard InChI is InChI=1S/C45H90NO8P/c1-6-8-10-12-14-16-17-18-19-20-21-22-23-24-25-26-27-28-30-31-33-35-37-44(47)51-41-43(42-53-55(49,50)52-40-39-46(3,4)5)54-45(48)38-36-34-32-29-15-13-11-9-7-2/h43H,6-42H2,1-5H3/t43-/m1/s1. The summed E-state index contributed by atoms with van der Waals surface area (Å²) < 4.78 is 33.8. The highest BCUT2D eigenvalue weighted by atomic mass is 31.2. The van der Waals surface area contributed by atoms with Gasteiger partial charge in [-0.25, -0.2) is 0 Å². The number of esters is 2. The Morgan fingerprint density at radius 2 is 0.818 bits per heavy atom. The molecule has 0 fully saturated rings. The van der Waals surface area contributed by atoms with E-state index < -0.39 is 26.5 Å². The maximum Gasteiger partial charge on any atom is 0.306 e. The molecule has 0 aromatic heterocycles. The minimum absolute atomic E-state index is 0.0259. The van der Waals surface area contributed by atoms with Crippen molar-refractivity contribution in [3.05, 3.63) is 0 Å². The highest BCUT2D eigenvalue weighted by Gasteiger charge is 2.21. The average Bonchev–Trinajstić information content (AvgIpc) is 3.13. The van der Waals surface area contributed by atoms with Crippen molar-refractivity contribution in [2.45, 2.75) is 232 Å². The van der Waals surface area contributed by atoms with Crippen molar-refractivity contribution >= 4 is 19.8 Å². The first-order valence-electron chi connectivity index (χ1n) is 23.2. The second kappa shape index (κ2) is 38.5. The molecule has 0 aliphatic carbocycles. The van der Waals surface area contributed by atoms with Crippen molar-refractivity contribution in [1.82, 2.24) is 0 Å². The Bertz CT molecular complexity index is 912. The van der Waals surface area contributed by atoms with E-state index in [-0.39, 0.29) is 32.0 Å². The number of phosphoric ester groups is 1. The molecule has 9 nitrogen and oxygen atoms in total. The molecule has 0 saturated carbocycles. The minimum Gasteiger partial charge on any atom is -0.756 e. The van der Waals surface area contributed by atoms with E-state index in [4.69, 9.17) is 18.5 Å². The molecular formula is C45H90NO8P. The Morgan fingerprint density at radius 3 is 1.16 bits per heavy atom. The third-order valence-corrected chi connectivity index (χ3v) is 11.3. The molecule has 0 aliphatic heterocycles. The summed E-state index contributed by atoms with van der Waals surface area (Å²) in [5, 5.41) is 0. The topological polar surface area (TPSA) is 111 Å². The van der Waals surface area contributed by atoms with Crippen LogP contribution in [0.2, 0.25) is 0 Å². The molecule has 0 radical (unpaired) electrons. The quantitative estimate of drug-likeness (QED) is 0.0259. The maximum absolute atomic E-state index is 12.6. The van der Waals surface area contributed by atoms with Crippen molar-refractivity contribution in [3.63, 3.8) is 0 Å². The summed E-state index contributed by atoms with van der Waals surface area (Å²) in [6.07, 6.45) is 38.6. The summed E-state index contributed by atoms with van der Waals surface area (Å²) in [6.45, 7) is 4.24. The molecule has 0 amide bonds. The fourth-order valence-electron chi connectivity index (χ4n) is 6.72. The van der Waals surface area contributed by atoms with E-state index in [1.165, 1.54) is 154 Å². The molecule has 0 aromatic rings. The van der Waals surface area contributed by atoms with E-state index in [1.54, 1.807) is 0 Å². The summed E-state index contributed by atoms with van der Waals surface area (Å²) in [7, 11) is 1.18. The van der Waals surface area contributed by atoms with E-state index in [9.17, 15) is 19.0 Å². The number of likely N-dealkylation sites (N-methyl/N-ethyl adjacent to an activating group) is 1. The summed E-state index contributed by atoms with van der Waals surface area (Å²) in [4.78, 5) is 37.4. The second-order valence-electron chi connectivity index (χ2n) is 17.1. The van der Waals surface area contributed by atoms with Crippen molar-refractivity contribution in [2.75, 3.05) is 47.5 Å². The Kier molecular flexibility index (Phi) is 37.8. The van der Waals surface area contributed by atoms with Gasteiger partial charge in [0.25, 0.3) is 7.82 Å². The number of ether oxygens (including phenoxy) is 2. The second-order valence-corrected chi connectivity index (χ2v) is 18.5. The van der Waals surface area contributed by atoms with Crippen LogP contribution < -0.4 is 4.89 Å². The average molecular weight is 804 g/mol. The predicted molar refractivity (Wildman–Crippen MR) is 227 cm³/mol. The number of unbranched alkanes of at least 4 members (excludes halogenated alkanes) is 29. The van der Waals surface area contributed by atoms with Crippen molar-refractivity contribution in [3.8, 4) is 0 Å². The molecule has 328 valence electrons. The van der Waals surface area contributed by atoms with Gasteiger partial charge in [-0.05, 0) is 12.8 Å². The summed E-state index contributed by atoms with van der Waals surface area (Å²) in [5.41, 5.74) is 0. The SMILES string of the molecule is CCCCCCCCCCCCCCCCCCCCCCCCC(=O)OC[C@H](COP(=O)([O-])OCC[N+](C)(C)C)OC(=O)CCCCCCCCCCC. The van der Waals surface area contributed by atoms with Gasteiger partial charge in [-0.15, -0.1) is 0 Å². The molecule has 55 heavy (non-hydrogen) atoms. The number of carbonyl (C=O) groups is 2. The normalized spacial score (nSPS) is 13.5. The van der Waals surface area contributed by atoms with Gasteiger partial charge in [-0.2, -0.15) is 0 Å². The maximum atomic E-state index is 12.6. The first-order chi connectivity index (χ1) is 26.5. The summed E-state index contributed by atoms with van der Waals surface area (Å²) in [6, 6.07) is 0. The zero-order valence-corrected chi connectivity index (χ0v) is 37.8. The van der Waals surface area contributed by atoms with E-state index in [0.717, 1.165) is 38.5 Å². The third-order valence-electron chi connectivity index (χ3n) is 10.4. The van der Waals surface area contributed by atoms with Gasteiger partial charge in [-0.1, -0.05) is 200 Å². The molecule has 0 rings (SSSR count). The molecule has 0 heterocycles. The lowest BCUT2D eigenvalue weighted by atomic mass is 10.0. The van der Waals surface area contributed by atoms with E-state index >= 15 is 0 Å². The number of nitrogens with zero attached hydrogens (tertiary/aromatic N) is 1. The zero-order valence-electron chi connectivity index (χ0n) is 36.9. The molecule has 0 saturated heterocycles. The Labute approximate surface area is 340 Å². The van der Waals surface area contributed by atoms with Gasteiger partial charge in [0.2, 0.25) is 0 Å². The molecule has 0 aromatic carbocycles. The largest absolute Gasteiger partial charge is 0.756 e. The fraction of sp³-hybridized carbons (Fsp3) is 0.956. The van der Waals surface area contributed by atoms with Gasteiger partial charge in [0, 0.05) is 12.8 Å². The number of phosphoric acid groups is 1. The molecular weight excluding hydrogens is 713 g/mol. The Hall–Kier alpha value is -0.990. The number of rotatable bonds is 43. The van der Waals surface area contributed by atoms with Crippen LogP contribution in [0.3, 0.4) is 0 Å². The molecule has 2 atom stereocenters. The van der Waals surface area contributed by atoms with Crippen molar-refractivity contribution in [2.24, 2.45) is 0 Å². The zero-order chi connectivity index (χ0) is 40.7. The number of hydrogen-bond donors (Lipinski definition) is 0. The van der Waals surface area contributed by atoms with Gasteiger partial charge >= 0.3 is 11.9 Å². The van der Waals surface area contributed by atoms with Crippen LogP contribution in [0.25, 0.3) is 0 Å². The summed E-state index contributed by atoms with van der Waals surface area (Å²) in [5.74, 6) is -0.823. The molecule has 0 aliphatic rings. The van der Waals surface area contributed by atoms with Crippen molar-refractivity contribution < 1.29 is 42.1 Å². The lowest BCUT2D eigenvalue weighted by molar-refractivity contribution is -0.870. The van der Waals surface area contributed by atoms with Gasteiger partial charge in [0.15, 0.2) is 6.10 Å². The number of hydrogen-bond acceptors (Lipinski definition) is 8. The lowest BCUT2D eigenvalue weighted by Crippen LogP contribution is -2.37. The monoisotopic (exact) mass is 804 g/mol. The fourth-order valence-corrected chi connectivity index (χ4v) is 7.44. The smallest absolute Gasteiger partial charge is 0.306 e. The first-order valence-corrected chi connectivity index (χ1v) is 24.7. The van der Waals surface area contributed by atoms with Crippen molar-refractivity contribution in [1.29, 1.82) is 0 Å². The van der Waals surface area contributed by atoms with E-state index in [1.807, 2.05) is 21.1 Å². The highest BCUT2D eigenvalue weighted by Crippen LogP contribution is 2.38. The van der Waals surface area contributed by atoms with Crippen LogP contribution in [0.4, 0.5) is 0 Å². The molecule has 1 unspecified atom stereocenters. The predicted octanol–water partition coefficient (Wildman–Crippen LogP) is 12.6. The van der Waals surface area contributed by atoms with Crippen LogP contribution in [0, 0.1) is 0 Å². The van der Waals surface area contributed by atoms with Crippen LogP contribution in [-0.4, -0.2) is 70.0 Å². The minimum atomic E-state index is -4.61. The van der Waals surface area contributed by atoms with Crippen LogP contribution in [0.15, 0.2) is 0 Å². The molecule has 10 heteroatoms. The van der Waals surface area contributed by atoms with Crippen LogP contribution in [0.1, 0.15) is 226 Å². The lowest BCUT2D eigenvalue weighted by Gasteiger charge is -2.28. The van der Waals surface area contributed by atoms with Gasteiger partial charge in [0.1, 0.15) is 19.8 Å². The number of quaternary nitrogens is 1. The number of carbonyl (C=O) groups excluding carboxylic acids is 2. The molecule has 0 bridgehead atoms. The van der Waals surface area contributed by atoms with Crippen LogP contribution >= 0.6 is 7.82 Å². The molecule has 0 N–H and O–H groups in total. The Morgan fingerprint density at radius 1 is 0.491 bits per heavy atom. The highest BCUT2D eigenvalue weighted by molar-refractivity contribution is 7.45. The van der Waals surface area contributed by atoms with Gasteiger partial charge in [-0.3, -0.25) is 14.2 Å². The van der Waals surface area contributed by atoms with E-state index in [2.05, 4.69) is 13.8 Å². The Balaban J connectivity index is 4.11. The molecule has 0 spiro atoms. The van der Waals surface area contributed by atoms with Gasteiger partial charge < -0.3 is 27.9 Å². The van der Waals surface area contributed by atoms with Crippen LogP contribution in [0.5, 0.6) is 0 Å². The van der Waals surface area contributed by atoms with E-state index in [0.29, 0.717) is 17.4 Å². The summed E-state index contributed by atoms with van der Waals surface area (Å²) >= 11 is 0. The first kappa shape index (κ1) is 54.0.